The van der Waals surface area contributed by atoms with E-state index in [2.05, 4.69) is 20.3 Å². The minimum absolute atomic E-state index is 0.0955. The molecule has 0 radical (unpaired) electrons. The van der Waals surface area contributed by atoms with Crippen LogP contribution in [0.1, 0.15) is 12.0 Å². The van der Waals surface area contributed by atoms with Gasteiger partial charge in [-0.1, -0.05) is 0 Å². The number of halogens is 3. The molecule has 0 unspecified atom stereocenters. The van der Waals surface area contributed by atoms with E-state index in [1.165, 1.54) is 6.07 Å². The second-order valence-corrected chi connectivity index (χ2v) is 2.27. The van der Waals surface area contributed by atoms with Crippen LogP contribution in [-0.2, 0) is 0 Å². The van der Waals surface area contributed by atoms with Crippen molar-refractivity contribution in [2.75, 3.05) is 0 Å². The van der Waals surface area contributed by atoms with Crippen LogP contribution in [0.5, 0.6) is 0 Å². The molecular formula is C5H3BrF2O. The Morgan fingerprint density at radius 2 is 2.22 bits per heavy atom. The first-order valence-electron chi connectivity index (χ1n) is 2.22. The largest absolute Gasteiger partial charge is 0.457 e. The van der Waals surface area contributed by atoms with Gasteiger partial charge in [0.2, 0.25) is 0 Å². The maximum Gasteiger partial charge on any atom is 0.266 e. The maximum absolute atomic E-state index is 11.7. The van der Waals surface area contributed by atoms with Crippen molar-refractivity contribution >= 4 is 15.9 Å². The third-order valence-corrected chi connectivity index (χ3v) is 1.26. The summed E-state index contributed by atoms with van der Waals surface area (Å²) in [6.07, 6.45) is -1.42. The van der Waals surface area contributed by atoms with Gasteiger partial charge in [0, 0.05) is 0 Å². The lowest BCUT2D eigenvalue weighted by Crippen LogP contribution is -1.74. The fourth-order valence-electron chi connectivity index (χ4n) is 0.438. The van der Waals surface area contributed by atoms with Gasteiger partial charge in [0.15, 0.2) is 4.67 Å². The van der Waals surface area contributed by atoms with Crippen molar-refractivity contribution < 1.29 is 13.2 Å². The number of furan rings is 1. The highest BCUT2D eigenvalue weighted by atomic mass is 79.9. The lowest BCUT2D eigenvalue weighted by Gasteiger charge is -1.86. The van der Waals surface area contributed by atoms with Crippen LogP contribution in [0, 0.1) is 0 Å². The lowest BCUT2D eigenvalue weighted by molar-refractivity contribution is 0.150. The minimum Gasteiger partial charge on any atom is -0.457 e. The molecule has 0 amide bonds. The highest BCUT2D eigenvalue weighted by Gasteiger charge is 2.08. The molecule has 1 nitrogen and oxygen atoms in total. The van der Waals surface area contributed by atoms with Gasteiger partial charge in [-0.05, 0) is 22.0 Å². The van der Waals surface area contributed by atoms with E-state index in [1.54, 1.807) is 0 Å². The Labute approximate surface area is 58.8 Å². The third-order valence-electron chi connectivity index (χ3n) is 0.840. The van der Waals surface area contributed by atoms with Crippen LogP contribution in [0.15, 0.2) is 21.4 Å². The number of hydrogen-bond acceptors (Lipinski definition) is 1. The summed E-state index contributed by atoms with van der Waals surface area (Å²) in [6.45, 7) is 0. The molecule has 4 heteroatoms. The number of alkyl halides is 2. The summed E-state index contributed by atoms with van der Waals surface area (Å²) in [7, 11) is 0. The van der Waals surface area contributed by atoms with Crippen molar-refractivity contribution in [3.05, 3.63) is 22.6 Å². The molecular weight excluding hydrogens is 194 g/mol. The number of hydrogen-bond donors (Lipinski definition) is 0. The first-order chi connectivity index (χ1) is 4.20. The molecule has 0 saturated heterocycles. The van der Waals surface area contributed by atoms with E-state index in [0.717, 1.165) is 6.26 Å². The van der Waals surface area contributed by atoms with Crippen molar-refractivity contribution in [2.45, 2.75) is 6.43 Å². The first kappa shape index (κ1) is 6.74. The van der Waals surface area contributed by atoms with Crippen LogP contribution in [0.4, 0.5) is 8.78 Å². The molecule has 0 spiro atoms. The van der Waals surface area contributed by atoms with E-state index in [0.29, 0.717) is 4.67 Å². The van der Waals surface area contributed by atoms with Gasteiger partial charge in [0.1, 0.15) is 6.26 Å². The monoisotopic (exact) mass is 196 g/mol. The summed E-state index contributed by atoms with van der Waals surface area (Å²) in [5.41, 5.74) is -0.0955. The van der Waals surface area contributed by atoms with Gasteiger partial charge in [-0.25, -0.2) is 8.78 Å². The highest BCUT2D eigenvalue weighted by molar-refractivity contribution is 9.10. The number of rotatable bonds is 1. The normalized spacial score (nSPS) is 10.7. The second kappa shape index (κ2) is 2.47. The van der Waals surface area contributed by atoms with E-state index in [-0.39, 0.29) is 5.56 Å². The first-order valence-corrected chi connectivity index (χ1v) is 3.01. The Morgan fingerprint density at radius 3 is 2.44 bits per heavy atom. The summed E-state index contributed by atoms with van der Waals surface area (Å²) >= 11 is 2.90. The van der Waals surface area contributed by atoms with E-state index in [9.17, 15) is 8.78 Å². The van der Waals surface area contributed by atoms with Crippen LogP contribution in [0.3, 0.4) is 0 Å². The summed E-state index contributed by atoms with van der Waals surface area (Å²) in [5.74, 6) is 0. The van der Waals surface area contributed by atoms with Gasteiger partial charge in [0.25, 0.3) is 6.43 Å². The predicted molar refractivity (Wildman–Crippen MR) is 31.4 cm³/mol. The SMILES string of the molecule is FC(F)c1coc(Br)c1. The van der Waals surface area contributed by atoms with E-state index in [4.69, 9.17) is 0 Å². The van der Waals surface area contributed by atoms with Crippen molar-refractivity contribution in [3.8, 4) is 0 Å². The van der Waals surface area contributed by atoms with Crippen molar-refractivity contribution in [1.29, 1.82) is 0 Å². The molecule has 0 saturated carbocycles. The van der Waals surface area contributed by atoms with Gasteiger partial charge < -0.3 is 4.42 Å². The average molecular weight is 197 g/mol. The Kier molecular flexibility index (Phi) is 1.85. The van der Waals surface area contributed by atoms with Crippen LogP contribution in [0.2, 0.25) is 0 Å². The topological polar surface area (TPSA) is 13.1 Å². The molecule has 0 aromatic carbocycles. The molecule has 1 aromatic heterocycles. The molecule has 0 atom stereocenters. The summed E-state index contributed by atoms with van der Waals surface area (Å²) in [4.78, 5) is 0. The van der Waals surface area contributed by atoms with E-state index >= 15 is 0 Å². The summed E-state index contributed by atoms with van der Waals surface area (Å²) in [5, 5.41) is 0. The third kappa shape index (κ3) is 1.51. The van der Waals surface area contributed by atoms with Crippen molar-refractivity contribution in [3.63, 3.8) is 0 Å². The zero-order valence-corrected chi connectivity index (χ0v) is 5.86. The summed E-state index contributed by atoms with van der Waals surface area (Å²) < 4.78 is 28.3. The standard InChI is InChI=1S/C5H3BrF2O/c6-4-1-3(2-9-4)5(7)8/h1-2,5H. The van der Waals surface area contributed by atoms with Gasteiger partial charge in [-0.2, -0.15) is 0 Å². The zero-order valence-electron chi connectivity index (χ0n) is 4.27. The molecule has 1 rings (SSSR count). The van der Waals surface area contributed by atoms with Gasteiger partial charge in [0.05, 0.1) is 5.56 Å². The predicted octanol–water partition coefficient (Wildman–Crippen LogP) is 2.98. The Hall–Kier alpha value is -0.380. The maximum atomic E-state index is 11.7. The molecule has 0 aliphatic carbocycles. The van der Waals surface area contributed by atoms with Crippen LogP contribution in [0.25, 0.3) is 0 Å². The van der Waals surface area contributed by atoms with E-state index < -0.39 is 6.43 Å². The molecule has 0 aliphatic heterocycles. The molecule has 0 N–H and O–H groups in total. The minimum atomic E-state index is -2.44. The highest BCUT2D eigenvalue weighted by Crippen LogP contribution is 2.23. The second-order valence-electron chi connectivity index (χ2n) is 1.48. The van der Waals surface area contributed by atoms with Gasteiger partial charge in [-0.3, -0.25) is 0 Å². The van der Waals surface area contributed by atoms with Crippen molar-refractivity contribution in [2.24, 2.45) is 0 Å². The quantitative estimate of drug-likeness (QED) is 0.674. The van der Waals surface area contributed by atoms with Gasteiger partial charge in [-0.15, -0.1) is 0 Å². The molecule has 0 aliphatic rings. The Morgan fingerprint density at radius 1 is 1.56 bits per heavy atom. The molecule has 50 valence electrons. The molecule has 0 bridgehead atoms. The Balaban J connectivity index is 2.85. The molecule has 1 aromatic rings. The molecule has 0 fully saturated rings. The van der Waals surface area contributed by atoms with Crippen LogP contribution in [-0.4, -0.2) is 0 Å². The fraction of sp³-hybridized carbons (Fsp3) is 0.200. The molecule has 1 heterocycles. The zero-order chi connectivity index (χ0) is 6.85. The van der Waals surface area contributed by atoms with E-state index in [1.807, 2.05) is 0 Å². The average Bonchev–Trinajstić information content (AvgIpc) is 2.14. The van der Waals surface area contributed by atoms with Gasteiger partial charge >= 0.3 is 0 Å². The van der Waals surface area contributed by atoms with Crippen LogP contribution < -0.4 is 0 Å². The summed E-state index contributed by atoms with van der Waals surface area (Å²) in [6, 6.07) is 1.24. The lowest BCUT2D eigenvalue weighted by atomic mass is 10.4. The molecule has 9 heavy (non-hydrogen) atoms. The fourth-order valence-corrected chi connectivity index (χ4v) is 0.796. The van der Waals surface area contributed by atoms with Crippen LogP contribution >= 0.6 is 15.9 Å². The Bertz CT molecular complexity index is 197. The smallest absolute Gasteiger partial charge is 0.266 e. The van der Waals surface area contributed by atoms with Crippen molar-refractivity contribution in [1.82, 2.24) is 0 Å².